The van der Waals surface area contributed by atoms with Gasteiger partial charge in [-0.25, -0.2) is 9.67 Å². The highest BCUT2D eigenvalue weighted by molar-refractivity contribution is 7.16. The molecule has 0 radical (unpaired) electrons. The Morgan fingerprint density at radius 3 is 2.37 bits per heavy atom. The molecule has 0 fully saturated rings. The van der Waals surface area contributed by atoms with Crippen molar-refractivity contribution in [2.45, 2.75) is 34.1 Å². The topological polar surface area (TPSA) is 59.8 Å². The van der Waals surface area contributed by atoms with Gasteiger partial charge in [0.2, 0.25) is 5.13 Å². The molecule has 152 valence electrons. The van der Waals surface area contributed by atoms with E-state index >= 15 is 0 Å². The van der Waals surface area contributed by atoms with Crippen molar-refractivity contribution in [3.8, 4) is 5.13 Å². The summed E-state index contributed by atoms with van der Waals surface area (Å²) in [5.74, 6) is -0.149. The number of benzene rings is 2. The molecule has 0 unspecified atom stereocenters. The zero-order valence-corrected chi connectivity index (χ0v) is 18.4. The van der Waals surface area contributed by atoms with Gasteiger partial charge in [-0.1, -0.05) is 59.4 Å². The SMILES string of the molecule is Cc1ccc(Cc2c(C)nn(-c3nc(C)c(C(=O)Nc4ccccc4)s3)c2C)cc1. The van der Waals surface area contributed by atoms with E-state index in [1.54, 1.807) is 0 Å². The minimum Gasteiger partial charge on any atom is -0.321 e. The lowest BCUT2D eigenvalue weighted by atomic mass is 10.0. The van der Waals surface area contributed by atoms with Gasteiger partial charge >= 0.3 is 0 Å². The standard InChI is InChI=1S/C24H24N4OS/c1-15-10-12-19(13-11-15)14-21-16(2)27-28(18(21)4)24-25-17(3)22(30-24)23(29)26-20-8-6-5-7-9-20/h5-13H,14H2,1-4H3,(H,26,29). The molecular formula is C24H24N4OS. The molecule has 0 spiro atoms. The predicted octanol–water partition coefficient (Wildman–Crippen LogP) is 5.41. The van der Waals surface area contributed by atoms with Crippen LogP contribution in [0.15, 0.2) is 54.6 Å². The Balaban J connectivity index is 1.61. The van der Waals surface area contributed by atoms with E-state index in [2.05, 4.69) is 48.4 Å². The summed E-state index contributed by atoms with van der Waals surface area (Å²) in [6.07, 6.45) is 0.823. The molecule has 0 saturated carbocycles. The van der Waals surface area contributed by atoms with Crippen molar-refractivity contribution < 1.29 is 4.79 Å². The average molecular weight is 417 g/mol. The maximum Gasteiger partial charge on any atom is 0.267 e. The number of anilines is 1. The molecule has 4 rings (SSSR count). The molecular weight excluding hydrogens is 392 g/mol. The van der Waals surface area contributed by atoms with Gasteiger partial charge in [0.05, 0.1) is 11.4 Å². The van der Waals surface area contributed by atoms with E-state index in [0.29, 0.717) is 15.7 Å². The molecule has 0 saturated heterocycles. The van der Waals surface area contributed by atoms with Crippen LogP contribution in [0.5, 0.6) is 0 Å². The second-order valence-electron chi connectivity index (χ2n) is 7.45. The minimum absolute atomic E-state index is 0.149. The average Bonchev–Trinajstić information content (AvgIpc) is 3.25. The summed E-state index contributed by atoms with van der Waals surface area (Å²) in [5, 5.41) is 8.37. The molecule has 6 heteroatoms. The van der Waals surface area contributed by atoms with E-state index < -0.39 is 0 Å². The fourth-order valence-electron chi connectivity index (χ4n) is 3.42. The Bertz CT molecular complexity index is 1190. The van der Waals surface area contributed by atoms with E-state index in [1.165, 1.54) is 28.0 Å². The highest BCUT2D eigenvalue weighted by atomic mass is 32.1. The van der Waals surface area contributed by atoms with Crippen LogP contribution in [0.4, 0.5) is 5.69 Å². The van der Waals surface area contributed by atoms with Crippen molar-refractivity contribution in [2.75, 3.05) is 5.32 Å². The molecule has 5 nitrogen and oxygen atoms in total. The van der Waals surface area contributed by atoms with Crippen molar-refractivity contribution >= 4 is 22.9 Å². The van der Waals surface area contributed by atoms with Crippen molar-refractivity contribution in [3.63, 3.8) is 0 Å². The highest BCUT2D eigenvalue weighted by Crippen LogP contribution is 2.26. The maximum atomic E-state index is 12.7. The molecule has 1 amide bonds. The molecule has 2 aromatic carbocycles. The molecule has 0 aliphatic carbocycles. The number of nitrogens with zero attached hydrogens (tertiary/aromatic N) is 3. The van der Waals surface area contributed by atoms with Gasteiger partial charge in [0.25, 0.3) is 5.91 Å². The fourth-order valence-corrected chi connectivity index (χ4v) is 4.39. The first kappa shape index (κ1) is 20.0. The predicted molar refractivity (Wildman–Crippen MR) is 122 cm³/mol. The summed E-state index contributed by atoms with van der Waals surface area (Å²) in [5.41, 5.74) is 7.21. The smallest absolute Gasteiger partial charge is 0.267 e. The van der Waals surface area contributed by atoms with E-state index in [-0.39, 0.29) is 5.91 Å². The number of aryl methyl sites for hydroxylation is 3. The van der Waals surface area contributed by atoms with Crippen molar-refractivity contribution in [2.24, 2.45) is 0 Å². The van der Waals surface area contributed by atoms with Gasteiger partial charge in [0, 0.05) is 23.4 Å². The Morgan fingerprint density at radius 1 is 0.967 bits per heavy atom. The van der Waals surface area contributed by atoms with Crippen molar-refractivity contribution in [1.29, 1.82) is 0 Å². The first-order chi connectivity index (χ1) is 14.4. The number of nitrogens with one attached hydrogen (secondary N) is 1. The molecule has 4 aromatic rings. The first-order valence-electron chi connectivity index (χ1n) is 9.87. The Morgan fingerprint density at radius 2 is 1.67 bits per heavy atom. The Labute approximate surface area is 180 Å². The summed E-state index contributed by atoms with van der Waals surface area (Å²) in [4.78, 5) is 18.0. The van der Waals surface area contributed by atoms with Crippen LogP contribution >= 0.6 is 11.3 Å². The summed E-state index contributed by atoms with van der Waals surface area (Å²) in [7, 11) is 0. The number of hydrogen-bond acceptors (Lipinski definition) is 4. The second kappa shape index (κ2) is 8.24. The number of hydrogen-bond donors (Lipinski definition) is 1. The first-order valence-corrected chi connectivity index (χ1v) is 10.7. The summed E-state index contributed by atoms with van der Waals surface area (Å²) < 4.78 is 1.86. The third kappa shape index (κ3) is 4.04. The number of amides is 1. The van der Waals surface area contributed by atoms with Crippen LogP contribution in [0.25, 0.3) is 5.13 Å². The number of rotatable bonds is 5. The van der Waals surface area contributed by atoms with Gasteiger partial charge in [0.15, 0.2) is 0 Å². The van der Waals surface area contributed by atoms with Crippen LogP contribution in [0.1, 0.15) is 43.4 Å². The number of carbonyl (C=O) groups is 1. The quantitative estimate of drug-likeness (QED) is 0.473. The van der Waals surface area contributed by atoms with Crippen LogP contribution in [0.2, 0.25) is 0 Å². The largest absolute Gasteiger partial charge is 0.321 e. The van der Waals surface area contributed by atoms with Gasteiger partial charge in [-0.2, -0.15) is 5.10 Å². The molecule has 30 heavy (non-hydrogen) atoms. The zero-order chi connectivity index (χ0) is 21.3. The lowest BCUT2D eigenvalue weighted by molar-refractivity contribution is 0.103. The molecule has 0 aliphatic heterocycles. The van der Waals surface area contributed by atoms with Crippen LogP contribution in [0, 0.1) is 27.7 Å². The maximum absolute atomic E-state index is 12.7. The third-order valence-electron chi connectivity index (χ3n) is 5.15. The van der Waals surface area contributed by atoms with Crippen LogP contribution in [-0.4, -0.2) is 20.7 Å². The summed E-state index contributed by atoms with van der Waals surface area (Å²) in [6.45, 7) is 8.04. The Hall–Kier alpha value is -3.25. The Kier molecular flexibility index (Phi) is 5.50. The van der Waals surface area contributed by atoms with Gasteiger partial charge < -0.3 is 5.32 Å². The zero-order valence-electron chi connectivity index (χ0n) is 17.6. The normalized spacial score (nSPS) is 10.9. The van der Waals surface area contributed by atoms with Crippen LogP contribution in [-0.2, 0) is 6.42 Å². The van der Waals surface area contributed by atoms with Crippen molar-refractivity contribution in [1.82, 2.24) is 14.8 Å². The van der Waals surface area contributed by atoms with E-state index in [0.717, 1.165) is 23.5 Å². The molecule has 2 heterocycles. The second-order valence-corrected chi connectivity index (χ2v) is 8.43. The van der Waals surface area contributed by atoms with Crippen molar-refractivity contribution in [3.05, 3.63) is 93.2 Å². The van der Waals surface area contributed by atoms with E-state index in [1.807, 2.05) is 48.9 Å². The monoisotopic (exact) mass is 416 g/mol. The highest BCUT2D eigenvalue weighted by Gasteiger charge is 2.20. The number of aromatic nitrogens is 3. The molecule has 0 aliphatic rings. The van der Waals surface area contributed by atoms with Gasteiger partial charge in [-0.05, 0) is 45.4 Å². The third-order valence-corrected chi connectivity index (χ3v) is 6.28. The van der Waals surface area contributed by atoms with E-state index in [9.17, 15) is 4.79 Å². The summed E-state index contributed by atoms with van der Waals surface area (Å²) in [6, 6.07) is 18.0. The number of carbonyl (C=O) groups excluding carboxylic acids is 1. The lowest BCUT2D eigenvalue weighted by Gasteiger charge is -2.04. The van der Waals surface area contributed by atoms with Gasteiger partial charge in [0.1, 0.15) is 4.88 Å². The van der Waals surface area contributed by atoms with Crippen LogP contribution < -0.4 is 5.32 Å². The molecule has 1 N–H and O–H groups in total. The van der Waals surface area contributed by atoms with Crippen LogP contribution in [0.3, 0.4) is 0 Å². The van der Waals surface area contributed by atoms with Gasteiger partial charge in [-0.15, -0.1) is 0 Å². The number of para-hydroxylation sites is 1. The van der Waals surface area contributed by atoms with E-state index in [4.69, 9.17) is 5.10 Å². The minimum atomic E-state index is -0.149. The summed E-state index contributed by atoms with van der Waals surface area (Å²) >= 11 is 1.36. The lowest BCUT2D eigenvalue weighted by Crippen LogP contribution is -2.11. The molecule has 2 aromatic heterocycles. The number of thiazole rings is 1. The molecule has 0 bridgehead atoms. The fraction of sp³-hybridized carbons (Fsp3) is 0.208. The molecule has 0 atom stereocenters. The van der Waals surface area contributed by atoms with Gasteiger partial charge in [-0.3, -0.25) is 4.79 Å².